The lowest BCUT2D eigenvalue weighted by molar-refractivity contribution is -0.276. The molecule has 24 heavy (non-hydrogen) atoms. The van der Waals surface area contributed by atoms with Gasteiger partial charge in [-0.1, -0.05) is 6.08 Å². The molecule has 0 bridgehead atoms. The highest BCUT2D eigenvalue weighted by Gasteiger charge is 2.31. The molecule has 0 aliphatic carbocycles. The quantitative estimate of drug-likeness (QED) is 0.894. The van der Waals surface area contributed by atoms with Gasteiger partial charge in [-0.2, -0.15) is 0 Å². The van der Waals surface area contributed by atoms with Crippen LogP contribution in [0.1, 0.15) is 12.1 Å². The molecule has 0 atom stereocenters. The molecule has 2 N–H and O–H groups in total. The normalized spacial score (nSPS) is 14.9. The van der Waals surface area contributed by atoms with Gasteiger partial charge in [0.05, 0.1) is 11.9 Å². The van der Waals surface area contributed by atoms with Crippen LogP contribution in [0.25, 0.3) is 5.57 Å². The van der Waals surface area contributed by atoms with Gasteiger partial charge in [0.2, 0.25) is 5.88 Å². The van der Waals surface area contributed by atoms with E-state index < -0.39 is 12.2 Å². The van der Waals surface area contributed by atoms with Gasteiger partial charge in [-0.25, -0.2) is 9.97 Å². The van der Waals surface area contributed by atoms with Gasteiger partial charge in [0.25, 0.3) is 0 Å². The van der Waals surface area contributed by atoms with Crippen molar-refractivity contribution in [3.05, 3.63) is 42.5 Å². The summed E-state index contributed by atoms with van der Waals surface area (Å²) in [5.41, 5.74) is 2.27. The zero-order valence-corrected chi connectivity index (χ0v) is 12.5. The lowest BCUT2D eigenvalue weighted by atomic mass is 10.1. The van der Waals surface area contributed by atoms with E-state index in [-0.39, 0.29) is 0 Å². The molecule has 0 unspecified atom stereocenters. The average molecular weight is 337 g/mol. The third-order valence-corrected chi connectivity index (χ3v) is 3.29. The van der Waals surface area contributed by atoms with Crippen molar-refractivity contribution in [2.45, 2.75) is 12.8 Å². The summed E-state index contributed by atoms with van der Waals surface area (Å²) < 4.78 is 40.2. The topological polar surface area (TPSA) is 72.0 Å². The first-order chi connectivity index (χ1) is 11.5. The predicted octanol–water partition coefficient (Wildman–Crippen LogP) is 2.89. The molecule has 1 aliphatic heterocycles. The van der Waals surface area contributed by atoms with Gasteiger partial charge in [-0.3, -0.25) is 4.98 Å². The molecule has 126 valence electrons. The van der Waals surface area contributed by atoms with E-state index in [2.05, 4.69) is 30.3 Å². The predicted molar refractivity (Wildman–Crippen MR) is 81.7 cm³/mol. The highest BCUT2D eigenvalue weighted by atomic mass is 19.4. The third kappa shape index (κ3) is 4.19. The number of halogens is 3. The summed E-state index contributed by atoms with van der Waals surface area (Å²) in [5.74, 6) is 0.00502. The summed E-state index contributed by atoms with van der Waals surface area (Å²) >= 11 is 0. The first-order valence-electron chi connectivity index (χ1n) is 7.21. The summed E-state index contributed by atoms with van der Waals surface area (Å²) in [7, 11) is 0. The van der Waals surface area contributed by atoms with Gasteiger partial charge in [-0.05, 0) is 24.6 Å². The summed E-state index contributed by atoms with van der Waals surface area (Å²) in [6.07, 6.45) is 2.49. The Morgan fingerprint density at radius 3 is 2.62 bits per heavy atom. The maximum Gasteiger partial charge on any atom is 0.574 e. The van der Waals surface area contributed by atoms with Crippen LogP contribution in [0.3, 0.4) is 0 Å². The Hall–Kier alpha value is -2.68. The lowest BCUT2D eigenvalue weighted by Crippen LogP contribution is -2.20. The molecule has 3 heterocycles. The molecular formula is C15H14F3N5O. The van der Waals surface area contributed by atoms with E-state index in [0.717, 1.165) is 36.8 Å². The van der Waals surface area contributed by atoms with Gasteiger partial charge in [0.15, 0.2) is 5.82 Å². The van der Waals surface area contributed by atoms with Crippen LogP contribution in [-0.4, -0.2) is 34.4 Å². The summed E-state index contributed by atoms with van der Waals surface area (Å²) in [5, 5.41) is 6.24. The number of pyridine rings is 1. The molecule has 6 nitrogen and oxygen atoms in total. The van der Waals surface area contributed by atoms with Gasteiger partial charge in [-0.15, -0.1) is 13.2 Å². The SMILES string of the molecule is FC(F)(F)Oc1ccc(Nc2nccnc2C2=CCNCC2)cn1. The number of nitrogens with zero attached hydrogens (tertiary/aromatic N) is 3. The third-order valence-electron chi connectivity index (χ3n) is 3.29. The monoisotopic (exact) mass is 337 g/mol. The second kappa shape index (κ2) is 6.83. The summed E-state index contributed by atoms with van der Waals surface area (Å²) in [6.45, 7) is 1.61. The van der Waals surface area contributed by atoms with Crippen LogP contribution in [0.15, 0.2) is 36.8 Å². The zero-order valence-electron chi connectivity index (χ0n) is 12.5. The van der Waals surface area contributed by atoms with Crippen molar-refractivity contribution in [2.24, 2.45) is 0 Å². The molecule has 0 amide bonds. The molecule has 0 saturated carbocycles. The number of alkyl halides is 3. The van der Waals surface area contributed by atoms with E-state index in [1.165, 1.54) is 12.3 Å². The highest BCUT2D eigenvalue weighted by molar-refractivity contribution is 5.74. The standard InChI is InChI=1S/C15H14F3N5O/c16-15(17,18)24-12-2-1-11(9-22-12)23-14-13(20-7-8-21-14)10-3-5-19-6-4-10/h1-3,7-9,19H,4-6H2,(H,21,23). The van der Waals surface area contributed by atoms with Crippen molar-refractivity contribution in [3.8, 4) is 5.88 Å². The second-order valence-corrected chi connectivity index (χ2v) is 4.99. The van der Waals surface area contributed by atoms with E-state index in [9.17, 15) is 13.2 Å². The van der Waals surface area contributed by atoms with Crippen molar-refractivity contribution in [1.29, 1.82) is 0 Å². The number of ether oxygens (including phenoxy) is 1. The molecule has 3 rings (SSSR count). The molecule has 2 aromatic heterocycles. The van der Waals surface area contributed by atoms with Crippen LogP contribution in [0, 0.1) is 0 Å². The van der Waals surface area contributed by atoms with Crippen LogP contribution >= 0.6 is 0 Å². The van der Waals surface area contributed by atoms with Gasteiger partial charge >= 0.3 is 6.36 Å². The minimum absolute atomic E-state index is 0.487. The second-order valence-electron chi connectivity index (χ2n) is 4.99. The molecule has 1 aliphatic rings. The maximum atomic E-state index is 12.1. The summed E-state index contributed by atoms with van der Waals surface area (Å²) in [6, 6.07) is 2.57. The zero-order chi connectivity index (χ0) is 17.0. The van der Waals surface area contributed by atoms with Gasteiger partial charge in [0.1, 0.15) is 5.69 Å². The van der Waals surface area contributed by atoms with Crippen molar-refractivity contribution < 1.29 is 17.9 Å². The van der Waals surface area contributed by atoms with Crippen molar-refractivity contribution in [2.75, 3.05) is 18.4 Å². The molecule has 9 heteroatoms. The van der Waals surface area contributed by atoms with Crippen molar-refractivity contribution in [3.63, 3.8) is 0 Å². The van der Waals surface area contributed by atoms with Gasteiger partial charge < -0.3 is 15.4 Å². The largest absolute Gasteiger partial charge is 0.574 e. The van der Waals surface area contributed by atoms with Crippen LogP contribution in [0.4, 0.5) is 24.7 Å². The Bertz CT molecular complexity index is 731. The molecule has 0 radical (unpaired) electrons. The Labute approximate surface area is 135 Å². The Morgan fingerprint density at radius 2 is 1.96 bits per heavy atom. The van der Waals surface area contributed by atoms with Crippen LogP contribution in [0.2, 0.25) is 0 Å². The number of nitrogens with one attached hydrogen (secondary N) is 2. The van der Waals surface area contributed by atoms with Gasteiger partial charge in [0, 0.05) is 25.0 Å². The molecular weight excluding hydrogens is 323 g/mol. The minimum Gasteiger partial charge on any atom is -0.388 e. The number of rotatable bonds is 4. The number of hydrogen-bond donors (Lipinski definition) is 2. The van der Waals surface area contributed by atoms with E-state index in [0.29, 0.717) is 11.5 Å². The Kier molecular flexibility index (Phi) is 4.61. The first kappa shape index (κ1) is 16.2. The number of hydrogen-bond acceptors (Lipinski definition) is 6. The minimum atomic E-state index is -4.76. The first-order valence-corrected chi connectivity index (χ1v) is 7.21. The van der Waals surface area contributed by atoms with E-state index >= 15 is 0 Å². The lowest BCUT2D eigenvalue weighted by Gasteiger charge is -2.16. The molecule has 0 fully saturated rings. The van der Waals surface area contributed by atoms with Crippen molar-refractivity contribution >= 4 is 17.1 Å². The fourth-order valence-electron chi connectivity index (χ4n) is 2.27. The molecule has 0 spiro atoms. The van der Waals surface area contributed by atoms with E-state index in [4.69, 9.17) is 0 Å². The summed E-state index contributed by atoms with van der Waals surface area (Å²) in [4.78, 5) is 12.2. The van der Waals surface area contributed by atoms with Crippen molar-refractivity contribution in [1.82, 2.24) is 20.3 Å². The van der Waals surface area contributed by atoms with Crippen LogP contribution < -0.4 is 15.4 Å². The van der Waals surface area contributed by atoms with E-state index in [1.807, 2.05) is 6.08 Å². The number of anilines is 2. The Morgan fingerprint density at radius 1 is 1.12 bits per heavy atom. The number of aromatic nitrogens is 3. The van der Waals surface area contributed by atoms with E-state index in [1.54, 1.807) is 12.4 Å². The molecule has 2 aromatic rings. The highest BCUT2D eigenvalue weighted by Crippen LogP contribution is 2.27. The molecule has 0 saturated heterocycles. The fourth-order valence-corrected chi connectivity index (χ4v) is 2.27. The Balaban J connectivity index is 1.78. The molecule has 0 aromatic carbocycles. The van der Waals surface area contributed by atoms with Crippen LogP contribution in [0.5, 0.6) is 5.88 Å². The average Bonchev–Trinajstić information content (AvgIpc) is 2.57. The van der Waals surface area contributed by atoms with Crippen LogP contribution in [-0.2, 0) is 0 Å². The maximum absolute atomic E-state index is 12.1. The smallest absolute Gasteiger partial charge is 0.388 e. The fraction of sp³-hybridized carbons (Fsp3) is 0.267.